The van der Waals surface area contributed by atoms with Gasteiger partial charge < -0.3 is 20.5 Å². The number of hydrogen-bond acceptors (Lipinski definition) is 4. The van der Waals surface area contributed by atoms with E-state index in [4.69, 9.17) is 4.74 Å². The van der Waals surface area contributed by atoms with E-state index >= 15 is 0 Å². The third kappa shape index (κ3) is 5.46. The number of fused-ring (bicyclic) bond motifs is 3. The van der Waals surface area contributed by atoms with Crippen LogP contribution in [0, 0.1) is 5.41 Å². The molecule has 7 heteroatoms. The number of ether oxygens (including phenoxy) is 1. The molecule has 0 spiro atoms. The summed E-state index contributed by atoms with van der Waals surface area (Å²) in [6.45, 7) is 5.75. The Morgan fingerprint density at radius 3 is 2.09 bits per heavy atom. The summed E-state index contributed by atoms with van der Waals surface area (Å²) in [7, 11) is 0. The molecule has 1 atom stereocenters. The Morgan fingerprint density at radius 1 is 1.00 bits per heavy atom. The fourth-order valence-corrected chi connectivity index (χ4v) is 3.97. The lowest BCUT2D eigenvalue weighted by Gasteiger charge is -2.27. The molecule has 0 saturated carbocycles. The third-order valence-corrected chi connectivity index (χ3v) is 5.61. The van der Waals surface area contributed by atoms with E-state index in [1.54, 1.807) is 20.8 Å². The van der Waals surface area contributed by atoms with E-state index < -0.39 is 23.5 Å². The lowest BCUT2D eigenvalue weighted by atomic mass is 9.86. The van der Waals surface area contributed by atoms with Crippen molar-refractivity contribution in [2.24, 2.45) is 5.41 Å². The molecule has 2 aromatic rings. The van der Waals surface area contributed by atoms with Crippen molar-refractivity contribution >= 4 is 18.0 Å². The molecular weight excluding hydrogens is 408 g/mol. The molecule has 0 bridgehead atoms. The first-order valence-corrected chi connectivity index (χ1v) is 10.8. The average Bonchev–Trinajstić information content (AvgIpc) is 3.06. The predicted molar refractivity (Wildman–Crippen MR) is 121 cm³/mol. The Balaban J connectivity index is 1.44. The summed E-state index contributed by atoms with van der Waals surface area (Å²) < 4.78 is 5.46. The normalized spacial score (nSPS) is 13.6. The maximum absolute atomic E-state index is 12.2. The number of alkyl carbamates (subject to hydrolysis) is 1. The van der Waals surface area contributed by atoms with Crippen molar-refractivity contribution in [1.29, 1.82) is 0 Å². The molecule has 2 amide bonds. The zero-order valence-electron chi connectivity index (χ0n) is 18.7. The van der Waals surface area contributed by atoms with Gasteiger partial charge in [0.15, 0.2) is 0 Å². The molecule has 3 N–H and O–H groups in total. The number of aliphatic carboxylic acids is 1. The van der Waals surface area contributed by atoms with Crippen LogP contribution in [0.15, 0.2) is 48.5 Å². The van der Waals surface area contributed by atoms with Gasteiger partial charge in [-0.05, 0) is 34.1 Å². The Morgan fingerprint density at radius 2 is 1.56 bits per heavy atom. The second-order valence-corrected chi connectivity index (χ2v) is 9.06. The van der Waals surface area contributed by atoms with Crippen LogP contribution >= 0.6 is 0 Å². The SMILES string of the molecule is CC(C)(C)[C@H](NC(=O)CCCNC(=O)OCC1c2ccccc2-c2ccccc21)C(=O)O. The van der Waals surface area contributed by atoms with Gasteiger partial charge in [0.25, 0.3) is 0 Å². The van der Waals surface area contributed by atoms with Crippen LogP contribution in [0.2, 0.25) is 0 Å². The van der Waals surface area contributed by atoms with Crippen molar-refractivity contribution in [3.05, 3.63) is 59.7 Å². The summed E-state index contributed by atoms with van der Waals surface area (Å²) in [6.07, 6.45) is -0.0406. The zero-order valence-corrected chi connectivity index (χ0v) is 18.7. The standard InChI is InChI=1S/C25H30N2O5/c1-25(2,3)22(23(29)30)27-21(28)13-8-14-26-24(31)32-15-20-18-11-6-4-9-16(18)17-10-5-7-12-19(17)20/h4-7,9-12,20,22H,8,13-15H2,1-3H3,(H,26,31)(H,27,28)(H,29,30)/t22-/m1/s1. The molecule has 0 saturated heterocycles. The van der Waals surface area contributed by atoms with Crippen molar-refractivity contribution in [2.75, 3.05) is 13.2 Å². The summed E-state index contributed by atoms with van der Waals surface area (Å²) >= 11 is 0. The minimum Gasteiger partial charge on any atom is -0.480 e. The monoisotopic (exact) mass is 438 g/mol. The van der Waals surface area contributed by atoms with Crippen molar-refractivity contribution in [2.45, 2.75) is 45.6 Å². The van der Waals surface area contributed by atoms with E-state index in [9.17, 15) is 19.5 Å². The Kier molecular flexibility index (Phi) is 7.18. The van der Waals surface area contributed by atoms with Crippen LogP contribution in [-0.4, -0.2) is 42.3 Å². The predicted octanol–water partition coefficient (Wildman–Crippen LogP) is 3.92. The highest BCUT2D eigenvalue weighted by Gasteiger charge is 2.32. The van der Waals surface area contributed by atoms with Crippen LogP contribution in [0.4, 0.5) is 4.79 Å². The second-order valence-electron chi connectivity index (χ2n) is 9.06. The average molecular weight is 439 g/mol. The van der Waals surface area contributed by atoms with Gasteiger partial charge in [0, 0.05) is 18.9 Å². The van der Waals surface area contributed by atoms with Crippen LogP contribution in [0.25, 0.3) is 11.1 Å². The highest BCUT2D eigenvalue weighted by atomic mass is 16.5. The van der Waals surface area contributed by atoms with Crippen molar-refractivity contribution in [1.82, 2.24) is 10.6 Å². The van der Waals surface area contributed by atoms with Gasteiger partial charge in [0.1, 0.15) is 12.6 Å². The molecule has 0 radical (unpaired) electrons. The number of carbonyl (C=O) groups excluding carboxylic acids is 2. The number of nitrogens with one attached hydrogen (secondary N) is 2. The quantitative estimate of drug-likeness (QED) is 0.542. The molecule has 0 unspecified atom stereocenters. The molecule has 1 aliphatic carbocycles. The first-order valence-electron chi connectivity index (χ1n) is 10.8. The van der Waals surface area contributed by atoms with E-state index in [2.05, 4.69) is 34.9 Å². The fraction of sp³-hybridized carbons (Fsp3) is 0.400. The van der Waals surface area contributed by atoms with Gasteiger partial charge in [-0.3, -0.25) is 4.79 Å². The van der Waals surface area contributed by atoms with E-state index in [0.717, 1.165) is 22.3 Å². The Labute approximate surface area is 188 Å². The number of carbonyl (C=O) groups is 3. The van der Waals surface area contributed by atoms with Gasteiger partial charge in [-0.25, -0.2) is 9.59 Å². The van der Waals surface area contributed by atoms with Gasteiger partial charge >= 0.3 is 12.1 Å². The van der Waals surface area contributed by atoms with Crippen LogP contribution < -0.4 is 10.6 Å². The molecule has 0 aromatic heterocycles. The van der Waals surface area contributed by atoms with Crippen molar-refractivity contribution in [3.8, 4) is 11.1 Å². The maximum Gasteiger partial charge on any atom is 0.407 e. The smallest absolute Gasteiger partial charge is 0.407 e. The highest BCUT2D eigenvalue weighted by Crippen LogP contribution is 2.44. The second kappa shape index (κ2) is 9.85. The van der Waals surface area contributed by atoms with Crippen molar-refractivity contribution < 1.29 is 24.2 Å². The van der Waals surface area contributed by atoms with Gasteiger partial charge in [-0.2, -0.15) is 0 Å². The first-order chi connectivity index (χ1) is 15.2. The van der Waals surface area contributed by atoms with Gasteiger partial charge in [0.2, 0.25) is 5.91 Å². The lowest BCUT2D eigenvalue weighted by Crippen LogP contribution is -2.49. The highest BCUT2D eigenvalue weighted by molar-refractivity contribution is 5.84. The number of rotatable bonds is 8. The van der Waals surface area contributed by atoms with E-state index in [0.29, 0.717) is 6.42 Å². The van der Waals surface area contributed by atoms with Crippen LogP contribution in [0.3, 0.4) is 0 Å². The van der Waals surface area contributed by atoms with Gasteiger partial charge in [-0.15, -0.1) is 0 Å². The molecule has 0 fully saturated rings. The van der Waals surface area contributed by atoms with E-state index in [1.165, 1.54) is 0 Å². The number of carboxylic acid groups (broad SMARTS) is 1. The maximum atomic E-state index is 12.2. The zero-order chi connectivity index (χ0) is 23.3. The lowest BCUT2D eigenvalue weighted by molar-refractivity contribution is -0.144. The van der Waals surface area contributed by atoms with Crippen LogP contribution in [0.5, 0.6) is 0 Å². The summed E-state index contributed by atoms with van der Waals surface area (Å²) in [5.41, 5.74) is 4.02. The van der Waals surface area contributed by atoms with Crippen LogP contribution in [0.1, 0.15) is 50.7 Å². The first kappa shape index (κ1) is 23.3. The molecule has 2 aromatic carbocycles. The van der Waals surface area contributed by atoms with Crippen molar-refractivity contribution in [3.63, 3.8) is 0 Å². The fourth-order valence-electron chi connectivity index (χ4n) is 3.97. The Bertz CT molecular complexity index is 950. The molecular formula is C25H30N2O5. The minimum atomic E-state index is -1.07. The molecule has 0 heterocycles. The number of benzene rings is 2. The third-order valence-electron chi connectivity index (χ3n) is 5.61. The van der Waals surface area contributed by atoms with E-state index in [1.807, 2.05) is 24.3 Å². The number of amides is 2. The summed E-state index contributed by atoms with van der Waals surface area (Å²) in [4.78, 5) is 35.6. The molecule has 170 valence electrons. The number of hydrogen-bond donors (Lipinski definition) is 3. The molecule has 3 rings (SSSR count). The summed E-state index contributed by atoms with van der Waals surface area (Å²) in [5.74, 6) is -1.44. The van der Waals surface area contributed by atoms with Gasteiger partial charge in [0.05, 0.1) is 0 Å². The number of carboxylic acids is 1. The molecule has 0 aliphatic heterocycles. The van der Waals surface area contributed by atoms with E-state index in [-0.39, 0.29) is 31.4 Å². The summed E-state index contributed by atoms with van der Waals surface area (Å²) in [5, 5.41) is 14.5. The summed E-state index contributed by atoms with van der Waals surface area (Å²) in [6, 6.07) is 15.3. The largest absolute Gasteiger partial charge is 0.480 e. The minimum absolute atomic E-state index is 0.00993. The topological polar surface area (TPSA) is 105 Å². The molecule has 32 heavy (non-hydrogen) atoms. The Hall–Kier alpha value is -3.35. The molecule has 7 nitrogen and oxygen atoms in total. The molecule has 1 aliphatic rings. The van der Waals surface area contributed by atoms with Gasteiger partial charge in [-0.1, -0.05) is 69.3 Å². The van der Waals surface area contributed by atoms with Crippen LogP contribution in [-0.2, 0) is 14.3 Å².